The number of carbonyl (C=O) groups is 1. The van der Waals surface area contributed by atoms with E-state index in [9.17, 15) is 9.59 Å². The number of fused-ring (bicyclic) bond motifs is 1. The van der Waals surface area contributed by atoms with Gasteiger partial charge in [-0.25, -0.2) is 0 Å². The molecule has 4 aromatic rings. The summed E-state index contributed by atoms with van der Waals surface area (Å²) in [6, 6.07) is 20.0. The highest BCUT2D eigenvalue weighted by molar-refractivity contribution is 5.92. The minimum atomic E-state index is -0.391. The number of rotatable bonds is 7. The Morgan fingerprint density at radius 1 is 0.909 bits per heavy atom. The molecule has 3 aromatic carbocycles. The summed E-state index contributed by atoms with van der Waals surface area (Å²) in [4.78, 5) is 25.7. The molecule has 0 aliphatic rings. The molecule has 0 radical (unpaired) electrons. The monoisotopic (exact) mass is 443 g/mol. The third kappa shape index (κ3) is 5.06. The molecule has 1 heterocycles. The van der Waals surface area contributed by atoms with Gasteiger partial charge in [0.1, 0.15) is 11.3 Å². The molecule has 33 heavy (non-hydrogen) atoms. The quantitative estimate of drug-likeness (QED) is 0.408. The first-order valence-electron chi connectivity index (χ1n) is 10.7. The molecule has 0 aliphatic heterocycles. The zero-order valence-corrected chi connectivity index (χ0v) is 18.8. The summed E-state index contributed by atoms with van der Waals surface area (Å²) in [6.07, 6.45) is 0. The van der Waals surface area contributed by atoms with Crippen LogP contribution in [0.3, 0.4) is 0 Å². The van der Waals surface area contributed by atoms with Crippen molar-refractivity contribution in [2.45, 2.75) is 20.8 Å². The second-order valence-corrected chi connectivity index (χ2v) is 7.75. The van der Waals surface area contributed by atoms with Gasteiger partial charge in [-0.2, -0.15) is 0 Å². The molecule has 0 aliphatic carbocycles. The number of ether oxygens (including phenoxy) is 2. The average molecular weight is 443 g/mol. The second-order valence-electron chi connectivity index (χ2n) is 7.75. The van der Waals surface area contributed by atoms with Crippen molar-refractivity contribution < 1.29 is 18.7 Å². The number of carbonyl (C=O) groups excluding carboxylic acids is 1. The van der Waals surface area contributed by atoms with E-state index in [1.54, 1.807) is 30.3 Å². The minimum Gasteiger partial charge on any atom is -0.494 e. The molecule has 1 aromatic heterocycles. The molecule has 0 saturated heterocycles. The molecule has 0 bridgehead atoms. The zero-order valence-electron chi connectivity index (χ0n) is 18.8. The van der Waals surface area contributed by atoms with Gasteiger partial charge < -0.3 is 19.2 Å². The van der Waals surface area contributed by atoms with Crippen molar-refractivity contribution in [1.29, 1.82) is 0 Å². The normalized spacial score (nSPS) is 10.8. The van der Waals surface area contributed by atoms with E-state index in [-0.39, 0.29) is 17.8 Å². The number of benzene rings is 3. The van der Waals surface area contributed by atoms with E-state index in [1.807, 2.05) is 57.2 Å². The number of anilines is 1. The highest BCUT2D eigenvalue weighted by atomic mass is 16.5. The van der Waals surface area contributed by atoms with Gasteiger partial charge in [0.05, 0.1) is 12.0 Å². The van der Waals surface area contributed by atoms with Crippen molar-refractivity contribution in [3.8, 4) is 22.8 Å². The van der Waals surface area contributed by atoms with Crippen molar-refractivity contribution in [2.24, 2.45) is 0 Å². The first-order valence-corrected chi connectivity index (χ1v) is 10.7. The number of aryl methyl sites for hydroxylation is 2. The van der Waals surface area contributed by atoms with Crippen LogP contribution >= 0.6 is 0 Å². The third-order valence-corrected chi connectivity index (χ3v) is 5.12. The molecule has 6 heteroatoms. The molecule has 4 rings (SSSR count). The van der Waals surface area contributed by atoms with Gasteiger partial charge in [-0.1, -0.05) is 35.9 Å². The van der Waals surface area contributed by atoms with Gasteiger partial charge in [0.15, 0.2) is 12.4 Å². The highest BCUT2D eigenvalue weighted by Crippen LogP contribution is 2.31. The highest BCUT2D eigenvalue weighted by Gasteiger charge is 2.19. The van der Waals surface area contributed by atoms with Gasteiger partial charge in [0.2, 0.25) is 11.2 Å². The van der Waals surface area contributed by atoms with Gasteiger partial charge >= 0.3 is 0 Å². The Labute approximate surface area is 191 Å². The van der Waals surface area contributed by atoms with Crippen LogP contribution in [0.4, 0.5) is 5.69 Å². The lowest BCUT2D eigenvalue weighted by Gasteiger charge is -2.12. The van der Waals surface area contributed by atoms with Gasteiger partial charge in [0, 0.05) is 11.3 Å². The van der Waals surface area contributed by atoms with Crippen molar-refractivity contribution >= 4 is 22.6 Å². The summed E-state index contributed by atoms with van der Waals surface area (Å²) < 4.78 is 17.2. The Hall–Kier alpha value is -4.06. The lowest BCUT2D eigenvalue weighted by atomic mass is 10.1. The van der Waals surface area contributed by atoms with E-state index >= 15 is 0 Å². The van der Waals surface area contributed by atoms with Crippen LogP contribution in [0.15, 0.2) is 75.9 Å². The summed E-state index contributed by atoms with van der Waals surface area (Å²) >= 11 is 0. The Morgan fingerprint density at radius 3 is 2.30 bits per heavy atom. The molecule has 0 fully saturated rings. The minimum absolute atomic E-state index is 0.0112. The number of hydrogen-bond donors (Lipinski definition) is 1. The fraction of sp³-hybridized carbons (Fsp3) is 0.185. The van der Waals surface area contributed by atoms with Crippen LogP contribution in [0.5, 0.6) is 11.5 Å². The molecule has 1 amide bonds. The van der Waals surface area contributed by atoms with Gasteiger partial charge in [-0.3, -0.25) is 9.59 Å². The Balaban J connectivity index is 1.61. The topological polar surface area (TPSA) is 77.8 Å². The van der Waals surface area contributed by atoms with E-state index in [1.165, 1.54) is 0 Å². The largest absolute Gasteiger partial charge is 0.494 e. The summed E-state index contributed by atoms with van der Waals surface area (Å²) in [7, 11) is 0. The van der Waals surface area contributed by atoms with E-state index in [0.717, 1.165) is 16.9 Å². The molecular formula is C27H25NO5. The fourth-order valence-electron chi connectivity index (χ4n) is 3.45. The molecule has 0 spiro atoms. The van der Waals surface area contributed by atoms with Crippen LogP contribution in [-0.4, -0.2) is 19.1 Å². The maximum atomic E-state index is 13.2. The SMILES string of the molecule is CCOc1ccc(NC(=O)COc2c(-c3ccc(C)cc3)oc3cc(C)ccc3c2=O)cc1. The number of nitrogens with one attached hydrogen (secondary N) is 1. The summed E-state index contributed by atoms with van der Waals surface area (Å²) in [6.45, 7) is 6.04. The van der Waals surface area contributed by atoms with Crippen LogP contribution in [0.25, 0.3) is 22.3 Å². The van der Waals surface area contributed by atoms with Crippen molar-refractivity contribution in [3.63, 3.8) is 0 Å². The van der Waals surface area contributed by atoms with Crippen LogP contribution < -0.4 is 20.2 Å². The van der Waals surface area contributed by atoms with Crippen molar-refractivity contribution in [1.82, 2.24) is 0 Å². The fourth-order valence-corrected chi connectivity index (χ4v) is 3.45. The van der Waals surface area contributed by atoms with Gasteiger partial charge in [0.25, 0.3) is 5.91 Å². The zero-order chi connectivity index (χ0) is 23.4. The summed E-state index contributed by atoms with van der Waals surface area (Å²) in [5, 5.41) is 3.16. The van der Waals surface area contributed by atoms with E-state index in [0.29, 0.717) is 34.6 Å². The van der Waals surface area contributed by atoms with E-state index in [2.05, 4.69) is 5.32 Å². The number of amides is 1. The average Bonchev–Trinajstić information content (AvgIpc) is 2.80. The summed E-state index contributed by atoms with van der Waals surface area (Å²) in [5.74, 6) is 0.639. The second kappa shape index (κ2) is 9.61. The third-order valence-electron chi connectivity index (χ3n) is 5.12. The maximum Gasteiger partial charge on any atom is 0.262 e. The van der Waals surface area contributed by atoms with Crippen LogP contribution in [0.2, 0.25) is 0 Å². The first kappa shape index (κ1) is 22.1. The molecule has 0 unspecified atom stereocenters. The van der Waals surface area contributed by atoms with E-state index < -0.39 is 5.91 Å². The number of hydrogen-bond acceptors (Lipinski definition) is 5. The van der Waals surface area contributed by atoms with Gasteiger partial charge in [-0.15, -0.1) is 0 Å². The van der Waals surface area contributed by atoms with Crippen molar-refractivity contribution in [2.75, 3.05) is 18.5 Å². The predicted molar refractivity (Wildman–Crippen MR) is 129 cm³/mol. The predicted octanol–water partition coefficient (Wildman–Crippen LogP) is 5.49. The summed E-state index contributed by atoms with van der Waals surface area (Å²) in [5.41, 5.74) is 3.51. The molecule has 168 valence electrons. The molecule has 0 saturated carbocycles. The molecule has 0 atom stereocenters. The Morgan fingerprint density at radius 2 is 1.61 bits per heavy atom. The standard InChI is InChI=1S/C27H25NO5/c1-4-31-21-12-10-20(11-13-21)28-24(29)16-32-27-25(30)22-14-7-18(3)15-23(22)33-26(27)19-8-5-17(2)6-9-19/h5-15H,4,16H2,1-3H3,(H,28,29). The molecular weight excluding hydrogens is 418 g/mol. The van der Waals surface area contributed by atoms with Gasteiger partial charge in [-0.05, 0) is 62.7 Å². The van der Waals surface area contributed by atoms with Crippen molar-refractivity contribution in [3.05, 3.63) is 88.1 Å². The van der Waals surface area contributed by atoms with E-state index in [4.69, 9.17) is 13.9 Å². The Bertz CT molecular complexity index is 1340. The maximum absolute atomic E-state index is 13.2. The molecule has 1 N–H and O–H groups in total. The van der Waals surface area contributed by atoms with Crippen LogP contribution in [0.1, 0.15) is 18.1 Å². The molecule has 6 nitrogen and oxygen atoms in total. The van der Waals surface area contributed by atoms with Crippen LogP contribution in [-0.2, 0) is 4.79 Å². The lowest BCUT2D eigenvalue weighted by molar-refractivity contribution is -0.118. The first-order chi connectivity index (χ1) is 15.9. The Kier molecular flexibility index (Phi) is 6.45. The lowest BCUT2D eigenvalue weighted by Crippen LogP contribution is -2.22. The van der Waals surface area contributed by atoms with Crippen LogP contribution in [0, 0.1) is 13.8 Å². The smallest absolute Gasteiger partial charge is 0.262 e.